The summed E-state index contributed by atoms with van der Waals surface area (Å²) in [5.74, 6) is -1.99. The van der Waals surface area contributed by atoms with Crippen LogP contribution in [0.5, 0.6) is 0 Å². The summed E-state index contributed by atoms with van der Waals surface area (Å²) in [6.45, 7) is 5.24. The molecule has 0 amide bonds. The number of carbonyl (C=O) groups excluding carboxylic acids is 2. The fourth-order valence-corrected chi connectivity index (χ4v) is 7.22. The smallest absolute Gasteiger partial charge is 0.306 e. The monoisotopic (exact) mass is 805 g/mol. The Kier molecular flexibility index (Phi) is 30.8. The summed E-state index contributed by atoms with van der Waals surface area (Å²) in [7, 11) is -4.60. The molecule has 0 aliphatic carbocycles. The van der Waals surface area contributed by atoms with Gasteiger partial charge in [-0.3, -0.25) is 14.1 Å². The first-order valence-electron chi connectivity index (χ1n) is 21.4. The van der Waals surface area contributed by atoms with Crippen molar-refractivity contribution in [2.75, 3.05) is 19.0 Å². The van der Waals surface area contributed by atoms with Gasteiger partial charge in [0.15, 0.2) is 12.4 Å². The highest BCUT2D eigenvalue weighted by Crippen LogP contribution is 2.24. The maximum Gasteiger partial charge on any atom is 0.306 e. The van der Waals surface area contributed by atoms with Crippen LogP contribution in [-0.4, -0.2) is 96.0 Å². The lowest BCUT2D eigenvalue weighted by molar-refractivity contribution is -0.297. The van der Waals surface area contributed by atoms with Crippen molar-refractivity contribution < 1.29 is 56.8 Å². The van der Waals surface area contributed by atoms with Gasteiger partial charge in [-0.05, 0) is 51.4 Å². The summed E-state index contributed by atoms with van der Waals surface area (Å²) < 4.78 is 53.9. The van der Waals surface area contributed by atoms with Gasteiger partial charge in [0.2, 0.25) is 0 Å². The highest BCUT2D eigenvalue weighted by atomic mass is 32.2. The average Bonchev–Trinajstić information content (AvgIpc) is 3.14. The van der Waals surface area contributed by atoms with E-state index in [9.17, 15) is 37.9 Å². The van der Waals surface area contributed by atoms with Gasteiger partial charge in [0.25, 0.3) is 10.1 Å². The summed E-state index contributed by atoms with van der Waals surface area (Å²) in [5.41, 5.74) is 0. The number of hydrogen-bond acceptors (Lipinski definition) is 11. The first kappa shape index (κ1) is 51.1. The van der Waals surface area contributed by atoms with Crippen LogP contribution in [0, 0.1) is 0 Å². The van der Waals surface area contributed by atoms with Crippen LogP contribution in [0.3, 0.4) is 0 Å². The number of ether oxygens (including phenoxy) is 4. The molecule has 12 nitrogen and oxygen atoms in total. The molecule has 13 heteroatoms. The lowest BCUT2D eigenvalue weighted by atomic mass is 10.00. The van der Waals surface area contributed by atoms with E-state index in [4.69, 9.17) is 18.9 Å². The summed E-state index contributed by atoms with van der Waals surface area (Å²) in [6.07, 6.45) is 24.1. The zero-order valence-electron chi connectivity index (χ0n) is 33.9. The number of allylic oxidation sites excluding steroid dienone is 3. The van der Waals surface area contributed by atoms with E-state index in [2.05, 4.69) is 25.7 Å². The molecule has 1 fully saturated rings. The first-order valence-corrected chi connectivity index (χ1v) is 23.0. The molecular weight excluding hydrogens is 729 g/mol. The number of unbranched alkanes of at least 4 members (excludes halogenated alkanes) is 21. The fourth-order valence-electron chi connectivity index (χ4n) is 6.53. The van der Waals surface area contributed by atoms with Crippen LogP contribution in [0.15, 0.2) is 24.8 Å². The Morgan fingerprint density at radius 1 is 0.655 bits per heavy atom. The van der Waals surface area contributed by atoms with E-state index in [1.54, 1.807) is 0 Å². The fraction of sp³-hybridized carbons (Fsp3) is 0.857. The number of hydrogen-bond donors (Lipinski definition) is 4. The Morgan fingerprint density at radius 3 is 1.64 bits per heavy atom. The van der Waals surface area contributed by atoms with Crippen molar-refractivity contribution >= 4 is 22.1 Å². The van der Waals surface area contributed by atoms with Crippen LogP contribution in [-0.2, 0) is 38.7 Å². The standard InChI is InChI=1S/C42H76O12S/c1-3-5-7-9-11-13-15-17-18-19-21-23-25-27-29-31-38(44)53-35(33-52-42-41(47)40(46)39(45)36(54-42)34-55(48,49)50)32-51-37(43)30-28-26-24-22-20-16-14-12-10-8-6-4-2/h3,12,14,35-36,39-42,45-47H,1,4-11,13,15-34H2,2H3,(H,48,49,50)/b14-12+/t35-,36-,39-,40?,41?,42+/m1/s1. The predicted octanol–water partition coefficient (Wildman–Crippen LogP) is 8.06. The van der Waals surface area contributed by atoms with Gasteiger partial charge in [-0.2, -0.15) is 8.42 Å². The van der Waals surface area contributed by atoms with Crippen molar-refractivity contribution in [2.45, 2.75) is 211 Å². The molecule has 1 saturated heterocycles. The summed E-state index contributed by atoms with van der Waals surface area (Å²) in [4.78, 5) is 25.3. The molecule has 0 bridgehead atoms. The zero-order chi connectivity index (χ0) is 40.6. The predicted molar refractivity (Wildman–Crippen MR) is 215 cm³/mol. The first-order chi connectivity index (χ1) is 26.5. The lowest BCUT2D eigenvalue weighted by Crippen LogP contribution is -2.60. The third-order valence-electron chi connectivity index (χ3n) is 9.90. The maximum absolute atomic E-state index is 12.8. The van der Waals surface area contributed by atoms with Gasteiger partial charge < -0.3 is 34.3 Å². The van der Waals surface area contributed by atoms with E-state index in [1.165, 1.54) is 77.0 Å². The van der Waals surface area contributed by atoms with Crippen molar-refractivity contribution in [1.82, 2.24) is 0 Å². The summed E-state index contributed by atoms with van der Waals surface area (Å²) >= 11 is 0. The van der Waals surface area contributed by atoms with Gasteiger partial charge in [-0.25, -0.2) is 0 Å². The molecule has 1 rings (SSSR count). The molecule has 0 aromatic heterocycles. The maximum atomic E-state index is 12.8. The third kappa shape index (κ3) is 28.2. The molecule has 2 unspecified atom stereocenters. The highest BCUT2D eigenvalue weighted by molar-refractivity contribution is 7.85. The van der Waals surface area contributed by atoms with Crippen LogP contribution in [0.2, 0.25) is 0 Å². The molecule has 1 aliphatic heterocycles. The molecule has 4 N–H and O–H groups in total. The van der Waals surface area contributed by atoms with E-state index < -0.39 is 71.2 Å². The Balaban J connectivity index is 2.47. The molecule has 0 aromatic carbocycles. The zero-order valence-corrected chi connectivity index (χ0v) is 34.7. The normalized spacial score (nSPS) is 20.8. The summed E-state index contributed by atoms with van der Waals surface area (Å²) in [6, 6.07) is 0. The molecule has 1 heterocycles. The Bertz CT molecular complexity index is 1110. The molecule has 322 valence electrons. The lowest BCUT2D eigenvalue weighted by Gasteiger charge is -2.40. The van der Waals surface area contributed by atoms with Gasteiger partial charge in [0.1, 0.15) is 36.8 Å². The Hall–Kier alpha value is -1.87. The number of aliphatic hydroxyl groups excluding tert-OH is 3. The van der Waals surface area contributed by atoms with Gasteiger partial charge in [0.05, 0.1) is 6.61 Å². The van der Waals surface area contributed by atoms with Crippen molar-refractivity contribution in [2.24, 2.45) is 0 Å². The minimum Gasteiger partial charge on any atom is -0.462 e. The molecular formula is C42H76O12S. The van der Waals surface area contributed by atoms with Crippen LogP contribution >= 0.6 is 0 Å². The van der Waals surface area contributed by atoms with Gasteiger partial charge >= 0.3 is 11.9 Å². The van der Waals surface area contributed by atoms with Crippen LogP contribution < -0.4 is 0 Å². The number of carbonyl (C=O) groups is 2. The number of rotatable bonds is 36. The van der Waals surface area contributed by atoms with Crippen molar-refractivity contribution in [3.05, 3.63) is 24.8 Å². The third-order valence-corrected chi connectivity index (χ3v) is 10.6. The number of esters is 2. The molecule has 0 aromatic rings. The molecule has 0 saturated carbocycles. The second-order valence-corrected chi connectivity index (χ2v) is 16.6. The van der Waals surface area contributed by atoms with Crippen LogP contribution in [0.25, 0.3) is 0 Å². The van der Waals surface area contributed by atoms with Gasteiger partial charge in [-0.15, -0.1) is 6.58 Å². The topological polar surface area (TPSA) is 186 Å². The SMILES string of the molecule is C=CCCCCCCCCCCCCCCCC(=O)O[C@H](COC(=O)CCCCCCC/C=C/CCCCC)CO[C@H]1O[C@H](CS(=O)(=O)O)[C@@H](O)C(O)C1O. The van der Waals surface area contributed by atoms with E-state index in [-0.39, 0.29) is 19.4 Å². The molecule has 1 aliphatic rings. The molecule has 55 heavy (non-hydrogen) atoms. The van der Waals surface area contributed by atoms with Crippen molar-refractivity contribution in [3.8, 4) is 0 Å². The van der Waals surface area contributed by atoms with E-state index in [0.717, 1.165) is 64.2 Å². The van der Waals surface area contributed by atoms with Crippen molar-refractivity contribution in [3.63, 3.8) is 0 Å². The van der Waals surface area contributed by atoms with Gasteiger partial charge in [0, 0.05) is 12.8 Å². The quantitative estimate of drug-likeness (QED) is 0.0207. The van der Waals surface area contributed by atoms with Crippen molar-refractivity contribution in [1.29, 1.82) is 0 Å². The largest absolute Gasteiger partial charge is 0.462 e. The minimum atomic E-state index is -4.60. The Labute approximate surface area is 332 Å². The number of aliphatic hydroxyl groups is 3. The summed E-state index contributed by atoms with van der Waals surface area (Å²) in [5, 5.41) is 30.8. The van der Waals surface area contributed by atoms with Crippen LogP contribution in [0.1, 0.15) is 174 Å². The average molecular weight is 805 g/mol. The van der Waals surface area contributed by atoms with Crippen LogP contribution in [0.4, 0.5) is 0 Å². The van der Waals surface area contributed by atoms with E-state index in [0.29, 0.717) is 12.8 Å². The van der Waals surface area contributed by atoms with E-state index >= 15 is 0 Å². The molecule has 0 radical (unpaired) electrons. The highest BCUT2D eigenvalue weighted by Gasteiger charge is 2.46. The van der Waals surface area contributed by atoms with E-state index in [1.807, 2.05) is 6.08 Å². The Morgan fingerprint density at radius 2 is 1.13 bits per heavy atom. The van der Waals surface area contributed by atoms with Gasteiger partial charge in [-0.1, -0.05) is 128 Å². The second kappa shape index (κ2) is 33.1. The molecule has 0 spiro atoms. The minimum absolute atomic E-state index is 0.162. The second-order valence-electron chi connectivity index (χ2n) is 15.1. The molecule has 6 atom stereocenters.